The smallest absolute Gasteiger partial charge is 0.258 e. The molecule has 5 rings (SSSR count). The molecule has 1 aromatic rings. The van der Waals surface area contributed by atoms with Crippen LogP contribution in [0, 0.1) is 39.7 Å². The van der Waals surface area contributed by atoms with Crippen molar-refractivity contribution in [1.29, 1.82) is 0 Å². The zero-order chi connectivity index (χ0) is 17.8. The van der Waals surface area contributed by atoms with Gasteiger partial charge in [0.2, 0.25) is 10.0 Å². The van der Waals surface area contributed by atoms with Gasteiger partial charge in [-0.05, 0) is 74.7 Å². The summed E-state index contributed by atoms with van der Waals surface area (Å²) < 4.78 is 28.3. The van der Waals surface area contributed by atoms with Gasteiger partial charge in [0.25, 0.3) is 5.69 Å². The van der Waals surface area contributed by atoms with E-state index in [-0.39, 0.29) is 16.6 Å². The zero-order valence-corrected chi connectivity index (χ0v) is 15.1. The van der Waals surface area contributed by atoms with E-state index >= 15 is 0 Å². The van der Waals surface area contributed by atoms with E-state index in [4.69, 9.17) is 0 Å². The van der Waals surface area contributed by atoms with Crippen molar-refractivity contribution >= 4 is 15.7 Å². The van der Waals surface area contributed by atoms with Crippen LogP contribution >= 0.6 is 0 Å². The molecule has 7 heteroatoms. The topological polar surface area (TPSA) is 89.3 Å². The molecule has 4 aliphatic rings. The third-order valence-electron chi connectivity index (χ3n) is 6.56. The van der Waals surface area contributed by atoms with Gasteiger partial charge in [0, 0.05) is 18.2 Å². The summed E-state index contributed by atoms with van der Waals surface area (Å²) in [5, 5.41) is 10.9. The van der Waals surface area contributed by atoms with Gasteiger partial charge in [0.15, 0.2) is 0 Å². The number of nitro groups is 1. The van der Waals surface area contributed by atoms with Gasteiger partial charge in [-0.15, -0.1) is 0 Å². The number of nitrogens with zero attached hydrogens (tertiary/aromatic N) is 1. The minimum Gasteiger partial charge on any atom is -0.258 e. The predicted molar refractivity (Wildman–Crippen MR) is 93.4 cm³/mol. The Morgan fingerprint density at radius 1 is 1.12 bits per heavy atom. The molecule has 25 heavy (non-hydrogen) atoms. The number of rotatable bonds is 5. The normalized spacial score (nSPS) is 34.8. The summed E-state index contributed by atoms with van der Waals surface area (Å²) in [4.78, 5) is 10.3. The van der Waals surface area contributed by atoms with Crippen LogP contribution in [0.5, 0.6) is 0 Å². The molecule has 4 bridgehead atoms. The highest BCUT2D eigenvalue weighted by Gasteiger charge is 2.50. The first-order chi connectivity index (χ1) is 11.8. The second kappa shape index (κ2) is 6.06. The largest absolute Gasteiger partial charge is 0.270 e. The molecule has 0 saturated heterocycles. The van der Waals surface area contributed by atoms with Crippen molar-refractivity contribution in [2.75, 3.05) is 0 Å². The Bertz CT molecular complexity index is 764. The summed E-state index contributed by atoms with van der Waals surface area (Å²) in [6.45, 7) is 1.96. The van der Waals surface area contributed by atoms with Gasteiger partial charge in [-0.1, -0.05) is 6.07 Å². The van der Waals surface area contributed by atoms with Gasteiger partial charge < -0.3 is 0 Å². The quantitative estimate of drug-likeness (QED) is 0.641. The van der Waals surface area contributed by atoms with Gasteiger partial charge in [-0.25, -0.2) is 13.1 Å². The van der Waals surface area contributed by atoms with E-state index in [0.29, 0.717) is 17.8 Å². The van der Waals surface area contributed by atoms with E-state index in [1.54, 1.807) is 0 Å². The Hall–Kier alpha value is -1.47. The molecule has 1 aromatic carbocycles. The molecule has 1 N–H and O–H groups in total. The molecule has 0 aliphatic heterocycles. The number of hydrogen-bond donors (Lipinski definition) is 1. The lowest BCUT2D eigenvalue weighted by molar-refractivity contribution is -0.385. The minimum atomic E-state index is -3.75. The summed E-state index contributed by atoms with van der Waals surface area (Å²) in [7, 11) is -3.75. The number of hydrogen-bond acceptors (Lipinski definition) is 4. The van der Waals surface area contributed by atoms with Crippen LogP contribution < -0.4 is 4.72 Å². The first-order valence-electron chi connectivity index (χ1n) is 9.10. The number of sulfonamides is 1. The molecule has 4 saturated carbocycles. The Morgan fingerprint density at radius 2 is 1.72 bits per heavy atom. The van der Waals surface area contributed by atoms with Crippen LogP contribution in [0.3, 0.4) is 0 Å². The highest BCUT2D eigenvalue weighted by Crippen LogP contribution is 2.57. The molecular weight excluding hydrogens is 340 g/mol. The third-order valence-corrected chi connectivity index (χ3v) is 8.11. The first-order valence-corrected chi connectivity index (χ1v) is 10.6. The molecule has 0 aromatic heterocycles. The van der Waals surface area contributed by atoms with Crippen molar-refractivity contribution in [1.82, 2.24) is 4.72 Å². The van der Waals surface area contributed by atoms with E-state index in [9.17, 15) is 18.5 Å². The van der Waals surface area contributed by atoms with Crippen molar-refractivity contribution in [2.24, 2.45) is 29.6 Å². The van der Waals surface area contributed by atoms with Crippen molar-refractivity contribution in [2.45, 2.75) is 50.0 Å². The van der Waals surface area contributed by atoms with Crippen LogP contribution in [0.4, 0.5) is 5.69 Å². The molecule has 6 nitrogen and oxygen atoms in total. The number of nitro benzene ring substituents is 1. The molecule has 0 unspecified atom stereocenters. The average molecular weight is 364 g/mol. The van der Waals surface area contributed by atoms with Crippen LogP contribution in [0.2, 0.25) is 0 Å². The molecule has 136 valence electrons. The molecule has 0 amide bonds. The van der Waals surface area contributed by atoms with E-state index in [1.165, 1.54) is 50.3 Å². The Morgan fingerprint density at radius 3 is 2.28 bits per heavy atom. The monoisotopic (exact) mass is 364 g/mol. The first kappa shape index (κ1) is 17.0. The lowest BCUT2D eigenvalue weighted by atomic mass is 9.51. The summed E-state index contributed by atoms with van der Waals surface area (Å²) in [6, 6.07) is 5.13. The van der Waals surface area contributed by atoms with Crippen LogP contribution in [0.25, 0.3) is 0 Å². The fourth-order valence-corrected chi connectivity index (χ4v) is 7.26. The lowest BCUT2D eigenvalue weighted by Gasteiger charge is -2.56. The fourth-order valence-electron chi connectivity index (χ4n) is 5.94. The van der Waals surface area contributed by atoms with Crippen molar-refractivity contribution < 1.29 is 13.3 Å². The maximum absolute atomic E-state index is 12.7. The maximum atomic E-state index is 12.7. The maximum Gasteiger partial charge on any atom is 0.270 e. The Balaban J connectivity index is 1.53. The molecule has 0 heterocycles. The third kappa shape index (κ3) is 3.08. The minimum absolute atomic E-state index is 0.0302. The molecule has 0 radical (unpaired) electrons. The van der Waals surface area contributed by atoms with E-state index in [2.05, 4.69) is 4.72 Å². The SMILES string of the molecule is C[C@H](NS(=O)(=O)c1cccc([N+](=O)[O-])c1)C1C2CC3CC(C2)CC1C3. The van der Waals surface area contributed by atoms with Gasteiger partial charge in [-0.3, -0.25) is 10.1 Å². The lowest BCUT2D eigenvalue weighted by Crippen LogP contribution is -2.52. The summed E-state index contributed by atoms with van der Waals surface area (Å²) >= 11 is 0. The van der Waals surface area contributed by atoms with Crippen LogP contribution in [0.1, 0.15) is 39.0 Å². The van der Waals surface area contributed by atoms with Crippen molar-refractivity contribution in [3.63, 3.8) is 0 Å². The summed E-state index contributed by atoms with van der Waals surface area (Å²) in [5.41, 5.74) is -0.204. The zero-order valence-electron chi connectivity index (χ0n) is 14.3. The second-order valence-electron chi connectivity index (χ2n) is 8.17. The fraction of sp³-hybridized carbons (Fsp3) is 0.667. The summed E-state index contributed by atoms with van der Waals surface area (Å²) in [5.74, 6) is 3.33. The highest BCUT2D eigenvalue weighted by atomic mass is 32.2. The Kier molecular flexibility index (Phi) is 4.11. The standard InChI is InChI=1S/C18H24N2O4S/c1-11(18-14-6-12-5-13(8-14)9-15(18)7-12)19-25(23,24)17-4-2-3-16(10-17)20(21)22/h2-4,10-15,18-19H,5-9H2,1H3/t11-,12?,13?,14?,15?,18?/m0/s1. The van der Waals surface area contributed by atoms with Crippen molar-refractivity contribution in [3.05, 3.63) is 34.4 Å². The average Bonchev–Trinajstić information content (AvgIpc) is 2.53. The van der Waals surface area contributed by atoms with Gasteiger partial charge in [0.1, 0.15) is 0 Å². The van der Waals surface area contributed by atoms with Gasteiger partial charge in [-0.2, -0.15) is 0 Å². The van der Waals surface area contributed by atoms with Crippen LogP contribution in [-0.2, 0) is 10.0 Å². The molecule has 4 aliphatic carbocycles. The van der Waals surface area contributed by atoms with E-state index in [0.717, 1.165) is 17.9 Å². The number of non-ortho nitro benzene ring substituents is 1. The molecule has 1 atom stereocenters. The van der Waals surface area contributed by atoms with E-state index in [1.807, 2.05) is 6.92 Å². The van der Waals surface area contributed by atoms with Crippen molar-refractivity contribution in [3.8, 4) is 0 Å². The predicted octanol–water partition coefficient (Wildman–Crippen LogP) is 3.33. The Labute approximate surface area is 148 Å². The highest BCUT2D eigenvalue weighted by molar-refractivity contribution is 7.89. The van der Waals surface area contributed by atoms with Gasteiger partial charge in [0.05, 0.1) is 9.82 Å². The molecule has 0 spiro atoms. The van der Waals surface area contributed by atoms with Gasteiger partial charge >= 0.3 is 0 Å². The van der Waals surface area contributed by atoms with Crippen LogP contribution in [0.15, 0.2) is 29.2 Å². The van der Waals surface area contributed by atoms with E-state index < -0.39 is 14.9 Å². The van der Waals surface area contributed by atoms with Crippen LogP contribution in [-0.4, -0.2) is 19.4 Å². The number of nitrogens with one attached hydrogen (secondary N) is 1. The summed E-state index contributed by atoms with van der Waals surface area (Å²) in [6.07, 6.45) is 6.32. The second-order valence-corrected chi connectivity index (χ2v) is 9.89. The molecular formula is C18H24N2O4S. The number of benzene rings is 1. The molecule has 4 fully saturated rings.